The zero-order valence-electron chi connectivity index (χ0n) is 15.5. The monoisotopic (exact) mass is 393 g/mol. The number of carbonyl (C=O) groups excluding carboxylic acids is 2. The van der Waals surface area contributed by atoms with E-state index in [1.165, 1.54) is 6.20 Å². The van der Waals surface area contributed by atoms with Gasteiger partial charge in [0, 0.05) is 37.9 Å². The summed E-state index contributed by atoms with van der Waals surface area (Å²) in [6.45, 7) is 0.425. The minimum Gasteiger partial charge on any atom is -0.354 e. The molecule has 3 heterocycles. The number of amides is 2. The van der Waals surface area contributed by atoms with Crippen LogP contribution in [0.15, 0.2) is 58.3 Å². The minimum absolute atomic E-state index is 0.0216. The number of para-hydroxylation sites is 1. The molecule has 1 aliphatic heterocycles. The molecule has 9 nitrogen and oxygen atoms in total. The molecule has 1 saturated heterocycles. The Morgan fingerprint density at radius 1 is 1.14 bits per heavy atom. The van der Waals surface area contributed by atoms with Gasteiger partial charge in [-0.1, -0.05) is 18.2 Å². The van der Waals surface area contributed by atoms with Crippen molar-refractivity contribution in [2.45, 2.75) is 13.0 Å². The van der Waals surface area contributed by atoms with Crippen LogP contribution >= 0.6 is 0 Å². The largest absolute Gasteiger partial charge is 0.354 e. The second kappa shape index (κ2) is 7.70. The summed E-state index contributed by atoms with van der Waals surface area (Å²) in [6.07, 6.45) is 1.62. The average molecular weight is 393 g/mol. The number of rotatable bonds is 5. The molecule has 2 amide bonds. The van der Waals surface area contributed by atoms with Crippen LogP contribution in [0.3, 0.4) is 0 Å². The average Bonchev–Trinajstić information content (AvgIpc) is 3.13. The van der Waals surface area contributed by atoms with Gasteiger partial charge in [0.05, 0.1) is 11.3 Å². The van der Waals surface area contributed by atoms with Gasteiger partial charge >= 0.3 is 5.69 Å². The second-order valence-corrected chi connectivity index (χ2v) is 6.82. The second-order valence-electron chi connectivity index (χ2n) is 6.82. The Morgan fingerprint density at radius 3 is 2.72 bits per heavy atom. The minimum atomic E-state index is -0.582. The van der Waals surface area contributed by atoms with Crippen molar-refractivity contribution in [3.05, 3.63) is 69.5 Å². The van der Waals surface area contributed by atoms with E-state index < -0.39 is 17.2 Å². The number of anilines is 1. The van der Waals surface area contributed by atoms with Crippen molar-refractivity contribution in [1.82, 2.24) is 19.9 Å². The first-order valence-corrected chi connectivity index (χ1v) is 9.25. The van der Waals surface area contributed by atoms with Crippen LogP contribution in [-0.2, 0) is 16.1 Å². The van der Waals surface area contributed by atoms with Gasteiger partial charge in [0.25, 0.3) is 5.56 Å². The number of nitrogens with zero attached hydrogens (tertiary/aromatic N) is 3. The Kier molecular flexibility index (Phi) is 4.94. The molecule has 2 aromatic heterocycles. The van der Waals surface area contributed by atoms with E-state index in [4.69, 9.17) is 0 Å². The van der Waals surface area contributed by atoms with Gasteiger partial charge in [-0.25, -0.2) is 9.78 Å². The molecule has 1 unspecified atom stereocenters. The number of H-pyrrole nitrogens is 1. The van der Waals surface area contributed by atoms with Crippen molar-refractivity contribution in [1.29, 1.82) is 0 Å². The third kappa shape index (κ3) is 3.66. The fraction of sp³-hybridized carbons (Fsp3) is 0.250. The number of hydrogen-bond acceptors (Lipinski definition) is 5. The van der Waals surface area contributed by atoms with Crippen molar-refractivity contribution in [3.8, 4) is 0 Å². The van der Waals surface area contributed by atoms with Gasteiger partial charge in [-0.2, -0.15) is 0 Å². The van der Waals surface area contributed by atoms with Crippen LogP contribution in [0.25, 0.3) is 11.0 Å². The zero-order valence-corrected chi connectivity index (χ0v) is 15.5. The first-order valence-electron chi connectivity index (χ1n) is 9.25. The molecule has 1 atom stereocenters. The Bertz CT molecular complexity index is 1180. The van der Waals surface area contributed by atoms with E-state index in [0.717, 1.165) is 10.3 Å². The van der Waals surface area contributed by atoms with Crippen molar-refractivity contribution >= 4 is 28.5 Å². The van der Waals surface area contributed by atoms with Gasteiger partial charge in [0.1, 0.15) is 5.65 Å². The third-order valence-electron chi connectivity index (χ3n) is 4.95. The van der Waals surface area contributed by atoms with Gasteiger partial charge in [-0.15, -0.1) is 0 Å². The number of pyridine rings is 1. The lowest BCUT2D eigenvalue weighted by Crippen LogP contribution is -2.40. The summed E-state index contributed by atoms with van der Waals surface area (Å²) in [5.41, 5.74) is -0.0527. The van der Waals surface area contributed by atoms with Crippen molar-refractivity contribution in [2.75, 3.05) is 18.0 Å². The molecule has 1 aliphatic rings. The summed E-state index contributed by atoms with van der Waals surface area (Å²) >= 11 is 0. The van der Waals surface area contributed by atoms with Crippen LogP contribution in [-0.4, -0.2) is 39.4 Å². The summed E-state index contributed by atoms with van der Waals surface area (Å²) < 4.78 is 1.03. The van der Waals surface area contributed by atoms with Crippen LogP contribution in [0.5, 0.6) is 0 Å². The van der Waals surface area contributed by atoms with Crippen LogP contribution < -0.4 is 21.5 Å². The molecule has 0 spiro atoms. The lowest BCUT2D eigenvalue weighted by molar-refractivity contribution is -0.126. The maximum Gasteiger partial charge on any atom is 0.330 e. The fourth-order valence-electron chi connectivity index (χ4n) is 3.46. The molecular weight excluding hydrogens is 374 g/mol. The molecule has 9 heteroatoms. The van der Waals surface area contributed by atoms with Gasteiger partial charge in [0.2, 0.25) is 11.8 Å². The molecule has 0 saturated carbocycles. The van der Waals surface area contributed by atoms with E-state index in [2.05, 4.69) is 15.3 Å². The molecule has 1 fully saturated rings. The highest BCUT2D eigenvalue weighted by Gasteiger charge is 2.34. The molecule has 0 aliphatic carbocycles. The van der Waals surface area contributed by atoms with E-state index in [-0.39, 0.29) is 37.0 Å². The fourth-order valence-corrected chi connectivity index (χ4v) is 3.46. The smallest absolute Gasteiger partial charge is 0.330 e. The molecule has 148 valence electrons. The predicted octanol–water partition coefficient (Wildman–Crippen LogP) is 0.254. The maximum atomic E-state index is 12.5. The molecular formula is C20H19N5O4. The number of aromatic nitrogens is 3. The highest BCUT2D eigenvalue weighted by Crippen LogP contribution is 2.24. The van der Waals surface area contributed by atoms with Crippen LogP contribution in [0, 0.1) is 5.92 Å². The number of carbonyl (C=O) groups is 2. The quantitative estimate of drug-likeness (QED) is 0.645. The number of hydrogen-bond donors (Lipinski definition) is 2. The van der Waals surface area contributed by atoms with E-state index in [9.17, 15) is 19.2 Å². The number of fused-ring (bicyclic) bond motifs is 1. The zero-order chi connectivity index (χ0) is 20.4. The molecule has 29 heavy (non-hydrogen) atoms. The molecule has 0 bridgehead atoms. The molecule has 0 radical (unpaired) electrons. The van der Waals surface area contributed by atoms with Gasteiger partial charge < -0.3 is 10.2 Å². The summed E-state index contributed by atoms with van der Waals surface area (Å²) in [4.78, 5) is 57.4. The maximum absolute atomic E-state index is 12.5. The third-order valence-corrected chi connectivity index (χ3v) is 4.95. The van der Waals surface area contributed by atoms with Gasteiger partial charge in [-0.05, 0) is 24.3 Å². The van der Waals surface area contributed by atoms with E-state index >= 15 is 0 Å². The van der Waals surface area contributed by atoms with Gasteiger partial charge in [0.15, 0.2) is 0 Å². The Labute approximate surface area is 165 Å². The molecule has 3 aromatic rings. The lowest BCUT2D eigenvalue weighted by atomic mass is 10.1. The Hall–Kier alpha value is -3.75. The predicted molar refractivity (Wildman–Crippen MR) is 107 cm³/mol. The number of benzene rings is 1. The van der Waals surface area contributed by atoms with E-state index in [1.807, 2.05) is 30.3 Å². The Morgan fingerprint density at radius 2 is 1.93 bits per heavy atom. The van der Waals surface area contributed by atoms with Crippen LogP contribution in [0.2, 0.25) is 0 Å². The van der Waals surface area contributed by atoms with Crippen molar-refractivity contribution < 1.29 is 9.59 Å². The number of aromatic amines is 1. The lowest BCUT2D eigenvalue weighted by Gasteiger charge is -2.16. The first kappa shape index (κ1) is 18.6. The highest BCUT2D eigenvalue weighted by atomic mass is 16.2. The standard InChI is InChI=1S/C20H19N5O4/c26-16-11-13(12-25(16)14-5-2-1-3-6-14)18(27)22-9-10-24-19(28)15-7-4-8-21-17(15)23-20(24)29/h1-8,13H,9-12H2,(H,22,27)(H,21,23,29). The van der Waals surface area contributed by atoms with Gasteiger partial charge in [-0.3, -0.25) is 23.9 Å². The molecule has 2 N–H and O–H groups in total. The normalized spacial score (nSPS) is 16.3. The van der Waals surface area contributed by atoms with E-state index in [1.54, 1.807) is 17.0 Å². The molecule has 4 rings (SSSR count). The highest BCUT2D eigenvalue weighted by molar-refractivity contribution is 6.00. The summed E-state index contributed by atoms with van der Waals surface area (Å²) in [6, 6.07) is 12.4. The summed E-state index contributed by atoms with van der Waals surface area (Å²) in [7, 11) is 0. The topological polar surface area (TPSA) is 117 Å². The SMILES string of the molecule is O=C(NCCn1c(=O)[nH]c2ncccc2c1=O)C1CC(=O)N(c2ccccc2)C1. The summed E-state index contributed by atoms with van der Waals surface area (Å²) in [5, 5.41) is 3.03. The number of nitrogens with one attached hydrogen (secondary N) is 2. The van der Waals surface area contributed by atoms with Crippen LogP contribution in [0.1, 0.15) is 6.42 Å². The Balaban J connectivity index is 1.40. The van der Waals surface area contributed by atoms with Crippen molar-refractivity contribution in [3.63, 3.8) is 0 Å². The summed E-state index contributed by atoms with van der Waals surface area (Å²) in [5.74, 6) is -0.853. The molecule has 1 aromatic carbocycles. The van der Waals surface area contributed by atoms with Crippen molar-refractivity contribution in [2.24, 2.45) is 5.92 Å². The first-order chi connectivity index (χ1) is 14.0. The van der Waals surface area contributed by atoms with Crippen LogP contribution in [0.4, 0.5) is 5.69 Å². The van der Waals surface area contributed by atoms with E-state index in [0.29, 0.717) is 11.9 Å².